The van der Waals surface area contributed by atoms with Crippen molar-refractivity contribution in [2.75, 3.05) is 38.7 Å². The van der Waals surface area contributed by atoms with Crippen LogP contribution in [0.25, 0.3) is 0 Å². The molecule has 1 aliphatic rings. The number of aryl methyl sites for hydroxylation is 1. The molecule has 1 fully saturated rings. The Labute approximate surface area is 195 Å². The molecular formula is C24H31N3O5S. The van der Waals surface area contributed by atoms with Gasteiger partial charge in [-0.3, -0.25) is 9.59 Å². The summed E-state index contributed by atoms with van der Waals surface area (Å²) in [6.07, 6.45) is 1.85. The molecule has 0 radical (unpaired) electrons. The third-order valence-corrected chi connectivity index (χ3v) is 7.53. The first kappa shape index (κ1) is 24.9. The largest absolute Gasteiger partial charge is 0.385 e. The predicted octanol–water partition coefficient (Wildman–Crippen LogP) is 2.80. The van der Waals surface area contributed by atoms with Gasteiger partial charge >= 0.3 is 0 Å². The number of piperidine rings is 1. The molecule has 1 atom stereocenters. The lowest BCUT2D eigenvalue weighted by Crippen LogP contribution is -2.43. The fourth-order valence-electron chi connectivity index (χ4n) is 3.77. The van der Waals surface area contributed by atoms with Crippen molar-refractivity contribution < 1.29 is 22.7 Å². The van der Waals surface area contributed by atoms with Gasteiger partial charge in [0, 0.05) is 33.4 Å². The number of nitrogens with zero attached hydrogens (tertiary/aromatic N) is 1. The molecule has 1 heterocycles. The lowest BCUT2D eigenvalue weighted by atomic mass is 9.98. The molecule has 0 spiro atoms. The Kier molecular flexibility index (Phi) is 8.60. The lowest BCUT2D eigenvalue weighted by Gasteiger charge is -2.31. The summed E-state index contributed by atoms with van der Waals surface area (Å²) in [7, 11) is -2.07. The molecule has 9 heteroatoms. The number of carbonyl (C=O) groups is 2. The quantitative estimate of drug-likeness (QED) is 0.545. The van der Waals surface area contributed by atoms with Crippen LogP contribution in [0.5, 0.6) is 0 Å². The Morgan fingerprint density at radius 2 is 1.85 bits per heavy atom. The van der Waals surface area contributed by atoms with E-state index in [4.69, 9.17) is 4.74 Å². The van der Waals surface area contributed by atoms with Crippen molar-refractivity contribution in [1.29, 1.82) is 0 Å². The van der Waals surface area contributed by atoms with Gasteiger partial charge in [0.05, 0.1) is 22.1 Å². The van der Waals surface area contributed by atoms with Crippen molar-refractivity contribution in [3.05, 3.63) is 59.7 Å². The summed E-state index contributed by atoms with van der Waals surface area (Å²) in [5, 5.41) is 5.65. The van der Waals surface area contributed by atoms with Crippen LogP contribution in [0.3, 0.4) is 0 Å². The van der Waals surface area contributed by atoms with E-state index >= 15 is 0 Å². The van der Waals surface area contributed by atoms with Crippen molar-refractivity contribution in [3.8, 4) is 0 Å². The third-order valence-electron chi connectivity index (χ3n) is 5.65. The number of rotatable bonds is 9. The minimum Gasteiger partial charge on any atom is -0.385 e. The molecule has 33 heavy (non-hydrogen) atoms. The number of para-hydroxylation sites is 1. The molecule has 1 saturated heterocycles. The maximum atomic E-state index is 13.0. The Morgan fingerprint density at radius 3 is 2.58 bits per heavy atom. The van der Waals surface area contributed by atoms with Crippen LogP contribution in [-0.4, -0.2) is 57.9 Å². The highest BCUT2D eigenvalue weighted by molar-refractivity contribution is 7.89. The lowest BCUT2D eigenvalue weighted by molar-refractivity contribution is -0.120. The standard InChI is InChI=1S/C24H31N3O5S/c1-18-10-12-20(13-11-18)33(30,31)27-15-5-7-19(17-27)23(28)26-22-9-4-3-8-21(22)24(29)25-14-6-16-32-2/h3-4,8-13,19H,5-7,14-17H2,1-2H3,(H,25,29)(H,26,28)/t19-/m0/s1. The monoisotopic (exact) mass is 473 g/mol. The molecule has 2 aromatic rings. The van der Waals surface area contributed by atoms with Gasteiger partial charge < -0.3 is 15.4 Å². The van der Waals surface area contributed by atoms with E-state index in [1.165, 1.54) is 4.31 Å². The van der Waals surface area contributed by atoms with Gasteiger partial charge in [0.2, 0.25) is 15.9 Å². The molecule has 3 rings (SSSR count). The molecular weight excluding hydrogens is 442 g/mol. The number of sulfonamides is 1. The normalized spacial score (nSPS) is 16.8. The number of methoxy groups -OCH3 is 1. The van der Waals surface area contributed by atoms with Gasteiger partial charge in [-0.25, -0.2) is 8.42 Å². The van der Waals surface area contributed by atoms with E-state index in [1.54, 1.807) is 55.6 Å². The van der Waals surface area contributed by atoms with Gasteiger partial charge in [0.25, 0.3) is 5.91 Å². The molecule has 2 amide bonds. The number of amides is 2. The van der Waals surface area contributed by atoms with E-state index in [9.17, 15) is 18.0 Å². The van der Waals surface area contributed by atoms with Crippen molar-refractivity contribution in [2.45, 2.75) is 31.1 Å². The summed E-state index contributed by atoms with van der Waals surface area (Å²) in [6.45, 7) is 3.38. The molecule has 0 aliphatic carbocycles. The SMILES string of the molecule is COCCCNC(=O)c1ccccc1NC(=O)[C@H]1CCCN(S(=O)(=O)c2ccc(C)cc2)C1. The van der Waals surface area contributed by atoms with Crippen molar-refractivity contribution in [1.82, 2.24) is 9.62 Å². The first-order valence-electron chi connectivity index (χ1n) is 11.1. The van der Waals surface area contributed by atoms with E-state index in [-0.39, 0.29) is 23.3 Å². The average molecular weight is 474 g/mol. The highest BCUT2D eigenvalue weighted by Crippen LogP contribution is 2.25. The number of nitrogens with one attached hydrogen (secondary N) is 2. The van der Waals surface area contributed by atoms with Crippen LogP contribution >= 0.6 is 0 Å². The van der Waals surface area contributed by atoms with Crippen LogP contribution < -0.4 is 10.6 Å². The summed E-state index contributed by atoms with van der Waals surface area (Å²) in [5.74, 6) is -1.08. The Hall–Kier alpha value is -2.75. The fraction of sp³-hybridized carbons (Fsp3) is 0.417. The molecule has 2 N–H and O–H groups in total. The van der Waals surface area contributed by atoms with Crippen molar-refractivity contribution in [3.63, 3.8) is 0 Å². The van der Waals surface area contributed by atoms with Gasteiger partial charge in [-0.1, -0.05) is 29.8 Å². The topological polar surface area (TPSA) is 105 Å². The molecule has 0 unspecified atom stereocenters. The van der Waals surface area contributed by atoms with Crippen LogP contribution in [0.2, 0.25) is 0 Å². The number of benzene rings is 2. The number of hydrogen-bond acceptors (Lipinski definition) is 5. The van der Waals surface area contributed by atoms with Crippen LogP contribution in [0.4, 0.5) is 5.69 Å². The maximum absolute atomic E-state index is 13.0. The summed E-state index contributed by atoms with van der Waals surface area (Å²) in [4.78, 5) is 25.8. The number of anilines is 1. The van der Waals surface area contributed by atoms with Crippen molar-refractivity contribution >= 4 is 27.5 Å². The molecule has 2 aromatic carbocycles. The van der Waals surface area contributed by atoms with Crippen LogP contribution in [0.15, 0.2) is 53.4 Å². The Balaban J connectivity index is 1.67. The Morgan fingerprint density at radius 1 is 1.12 bits per heavy atom. The summed E-state index contributed by atoms with van der Waals surface area (Å²) >= 11 is 0. The number of hydrogen-bond donors (Lipinski definition) is 2. The molecule has 0 aromatic heterocycles. The van der Waals surface area contributed by atoms with Gasteiger partial charge in [-0.2, -0.15) is 4.31 Å². The van der Waals surface area contributed by atoms with Gasteiger partial charge in [0.15, 0.2) is 0 Å². The number of ether oxygens (including phenoxy) is 1. The van der Waals surface area contributed by atoms with Gasteiger partial charge in [0.1, 0.15) is 0 Å². The van der Waals surface area contributed by atoms with Gasteiger partial charge in [-0.05, 0) is 50.5 Å². The molecule has 178 valence electrons. The zero-order chi connectivity index (χ0) is 23.8. The minimum atomic E-state index is -3.68. The van der Waals surface area contributed by atoms with E-state index in [0.717, 1.165) is 5.56 Å². The zero-order valence-electron chi connectivity index (χ0n) is 19.0. The Bertz CT molecular complexity index is 1070. The molecule has 0 saturated carbocycles. The summed E-state index contributed by atoms with van der Waals surface area (Å²) in [6, 6.07) is 13.5. The van der Waals surface area contributed by atoms with E-state index in [0.29, 0.717) is 50.2 Å². The summed E-state index contributed by atoms with van der Waals surface area (Å²) in [5.41, 5.74) is 1.75. The third kappa shape index (κ3) is 6.40. The van der Waals surface area contributed by atoms with E-state index < -0.39 is 15.9 Å². The highest BCUT2D eigenvalue weighted by atomic mass is 32.2. The second-order valence-electron chi connectivity index (χ2n) is 8.15. The zero-order valence-corrected chi connectivity index (χ0v) is 19.9. The first-order valence-corrected chi connectivity index (χ1v) is 12.5. The summed E-state index contributed by atoms with van der Waals surface area (Å²) < 4.78 is 32.5. The van der Waals surface area contributed by atoms with Crippen LogP contribution in [-0.2, 0) is 19.6 Å². The number of carbonyl (C=O) groups excluding carboxylic acids is 2. The minimum absolute atomic E-state index is 0.105. The maximum Gasteiger partial charge on any atom is 0.253 e. The predicted molar refractivity (Wildman–Crippen MR) is 127 cm³/mol. The molecule has 1 aliphatic heterocycles. The average Bonchev–Trinajstić information content (AvgIpc) is 2.82. The fourth-order valence-corrected chi connectivity index (χ4v) is 5.30. The second-order valence-corrected chi connectivity index (χ2v) is 10.1. The smallest absolute Gasteiger partial charge is 0.253 e. The molecule has 0 bridgehead atoms. The molecule has 8 nitrogen and oxygen atoms in total. The van der Waals surface area contributed by atoms with Gasteiger partial charge in [-0.15, -0.1) is 0 Å². The van der Waals surface area contributed by atoms with Crippen molar-refractivity contribution in [2.24, 2.45) is 5.92 Å². The highest BCUT2D eigenvalue weighted by Gasteiger charge is 2.33. The van der Waals surface area contributed by atoms with Crippen LogP contribution in [0, 0.1) is 12.8 Å². The van der Waals surface area contributed by atoms with Crippen LogP contribution in [0.1, 0.15) is 35.2 Å². The second kappa shape index (κ2) is 11.4. The first-order chi connectivity index (χ1) is 15.8. The van der Waals surface area contributed by atoms with E-state index in [2.05, 4.69) is 10.6 Å². The van der Waals surface area contributed by atoms with E-state index in [1.807, 2.05) is 6.92 Å².